The highest BCUT2D eigenvalue weighted by Gasteiger charge is 2.09. The number of benzene rings is 1. The Morgan fingerprint density at radius 1 is 1.21 bits per heavy atom. The minimum absolute atomic E-state index is 0. The SMILES string of the molecule is CCNC(=NCC(C)N(C)c1ccccc1)NCCCCSC.I. The molecule has 6 heteroatoms. The highest BCUT2D eigenvalue weighted by atomic mass is 127. The van der Waals surface area contributed by atoms with Gasteiger partial charge < -0.3 is 15.5 Å². The standard InChI is InChI=1S/C18H32N4S.HI/c1-5-19-18(20-13-9-10-14-23-4)21-15-16(2)22(3)17-11-7-6-8-12-17;/h6-8,11-12,16H,5,9-10,13-15H2,1-4H3,(H2,19,20,21);1H. The molecule has 1 aromatic rings. The summed E-state index contributed by atoms with van der Waals surface area (Å²) in [4.78, 5) is 6.99. The van der Waals surface area contributed by atoms with E-state index in [0.29, 0.717) is 6.04 Å². The van der Waals surface area contributed by atoms with Crippen LogP contribution in [0.4, 0.5) is 5.69 Å². The molecule has 1 unspecified atom stereocenters. The number of hydrogen-bond acceptors (Lipinski definition) is 3. The topological polar surface area (TPSA) is 39.7 Å². The first-order chi connectivity index (χ1) is 11.2. The molecule has 0 aliphatic carbocycles. The molecule has 24 heavy (non-hydrogen) atoms. The largest absolute Gasteiger partial charge is 0.370 e. The van der Waals surface area contributed by atoms with Crippen LogP contribution in [0.25, 0.3) is 0 Å². The third-order valence-electron chi connectivity index (χ3n) is 3.75. The van der Waals surface area contributed by atoms with Gasteiger partial charge in [-0.05, 0) is 50.8 Å². The van der Waals surface area contributed by atoms with Crippen molar-refractivity contribution in [3.05, 3.63) is 30.3 Å². The summed E-state index contributed by atoms with van der Waals surface area (Å²) in [5.41, 5.74) is 1.23. The molecule has 0 spiro atoms. The van der Waals surface area contributed by atoms with E-state index in [-0.39, 0.29) is 24.0 Å². The van der Waals surface area contributed by atoms with Crippen LogP contribution < -0.4 is 15.5 Å². The van der Waals surface area contributed by atoms with E-state index < -0.39 is 0 Å². The Bertz CT molecular complexity index is 442. The summed E-state index contributed by atoms with van der Waals surface area (Å²) in [5.74, 6) is 2.15. The number of hydrogen-bond donors (Lipinski definition) is 2. The quantitative estimate of drug-likeness (QED) is 0.239. The summed E-state index contributed by atoms with van der Waals surface area (Å²) in [6.07, 6.45) is 4.59. The van der Waals surface area contributed by atoms with Crippen molar-refractivity contribution in [3.8, 4) is 0 Å². The van der Waals surface area contributed by atoms with Gasteiger partial charge in [0.2, 0.25) is 0 Å². The van der Waals surface area contributed by atoms with Gasteiger partial charge in [0.05, 0.1) is 6.54 Å². The van der Waals surface area contributed by atoms with E-state index in [1.54, 1.807) is 0 Å². The van der Waals surface area contributed by atoms with Gasteiger partial charge in [-0.2, -0.15) is 11.8 Å². The van der Waals surface area contributed by atoms with Crippen LogP contribution in [0.3, 0.4) is 0 Å². The van der Waals surface area contributed by atoms with Gasteiger partial charge in [0.15, 0.2) is 5.96 Å². The van der Waals surface area contributed by atoms with Crippen LogP contribution in [-0.4, -0.2) is 50.7 Å². The highest BCUT2D eigenvalue weighted by Crippen LogP contribution is 2.14. The average molecular weight is 464 g/mol. The number of likely N-dealkylation sites (N-methyl/N-ethyl adjacent to an activating group) is 1. The van der Waals surface area contributed by atoms with Crippen molar-refractivity contribution in [2.24, 2.45) is 4.99 Å². The van der Waals surface area contributed by atoms with Crippen molar-refractivity contribution in [1.82, 2.24) is 10.6 Å². The number of para-hydroxylation sites is 1. The molecule has 1 atom stereocenters. The predicted octanol–water partition coefficient (Wildman–Crippen LogP) is 3.83. The van der Waals surface area contributed by atoms with Crippen LogP contribution in [0, 0.1) is 0 Å². The molecule has 138 valence electrons. The molecule has 1 rings (SSSR count). The molecule has 0 saturated heterocycles. The van der Waals surface area contributed by atoms with E-state index in [9.17, 15) is 0 Å². The molecule has 0 radical (unpaired) electrons. The molecule has 1 aromatic carbocycles. The molecule has 0 amide bonds. The average Bonchev–Trinajstić information content (AvgIpc) is 2.59. The van der Waals surface area contributed by atoms with Crippen molar-refractivity contribution in [1.29, 1.82) is 0 Å². The van der Waals surface area contributed by atoms with E-state index in [1.807, 2.05) is 17.8 Å². The smallest absolute Gasteiger partial charge is 0.191 e. The number of unbranched alkanes of at least 4 members (excludes halogenated alkanes) is 1. The van der Waals surface area contributed by atoms with E-state index in [0.717, 1.165) is 25.6 Å². The second-order valence-electron chi connectivity index (χ2n) is 5.64. The molecule has 0 heterocycles. The summed E-state index contributed by atoms with van der Waals surface area (Å²) >= 11 is 1.91. The molecule has 4 nitrogen and oxygen atoms in total. The van der Waals surface area contributed by atoms with Gasteiger partial charge in [0.25, 0.3) is 0 Å². The normalized spacial score (nSPS) is 12.2. The zero-order valence-corrected chi connectivity index (χ0v) is 18.6. The molecule has 0 saturated carbocycles. The second-order valence-corrected chi connectivity index (χ2v) is 6.63. The summed E-state index contributed by atoms with van der Waals surface area (Å²) in [6.45, 7) is 6.95. The first-order valence-corrected chi connectivity index (χ1v) is 9.87. The maximum absolute atomic E-state index is 4.73. The number of thioether (sulfide) groups is 1. The first-order valence-electron chi connectivity index (χ1n) is 8.48. The lowest BCUT2D eigenvalue weighted by Gasteiger charge is -2.26. The van der Waals surface area contributed by atoms with Gasteiger partial charge in [0.1, 0.15) is 0 Å². The van der Waals surface area contributed by atoms with Crippen LogP contribution >= 0.6 is 35.7 Å². The lowest BCUT2D eigenvalue weighted by molar-refractivity contribution is 0.681. The summed E-state index contributed by atoms with van der Waals surface area (Å²) < 4.78 is 0. The van der Waals surface area contributed by atoms with Gasteiger partial charge in [-0.15, -0.1) is 24.0 Å². The Morgan fingerprint density at radius 3 is 2.54 bits per heavy atom. The zero-order chi connectivity index (χ0) is 16.9. The van der Waals surface area contributed by atoms with Crippen molar-refractivity contribution < 1.29 is 0 Å². The fraction of sp³-hybridized carbons (Fsp3) is 0.611. The lowest BCUT2D eigenvalue weighted by atomic mass is 10.2. The number of anilines is 1. The molecule has 2 N–H and O–H groups in total. The number of aliphatic imine (C=N–C) groups is 1. The number of nitrogens with one attached hydrogen (secondary N) is 2. The Kier molecular flexibility index (Phi) is 14.3. The van der Waals surface area contributed by atoms with Gasteiger partial charge in [-0.3, -0.25) is 4.99 Å². The number of guanidine groups is 1. The monoisotopic (exact) mass is 464 g/mol. The maximum Gasteiger partial charge on any atom is 0.191 e. The minimum atomic E-state index is 0. The summed E-state index contributed by atoms with van der Waals surface area (Å²) in [5, 5.41) is 6.75. The van der Waals surface area contributed by atoms with E-state index >= 15 is 0 Å². The molecule has 0 aromatic heterocycles. The van der Waals surface area contributed by atoms with Gasteiger partial charge in [0, 0.05) is 31.9 Å². The third kappa shape index (κ3) is 9.61. The Labute approximate surface area is 169 Å². The molecule has 0 fully saturated rings. The Balaban J connectivity index is 0.00000529. The maximum atomic E-state index is 4.73. The highest BCUT2D eigenvalue weighted by molar-refractivity contribution is 14.0. The minimum Gasteiger partial charge on any atom is -0.370 e. The van der Waals surface area contributed by atoms with Crippen molar-refractivity contribution in [2.75, 3.05) is 43.6 Å². The van der Waals surface area contributed by atoms with Gasteiger partial charge in [-0.1, -0.05) is 18.2 Å². The van der Waals surface area contributed by atoms with E-state index in [2.05, 4.69) is 66.9 Å². The van der Waals surface area contributed by atoms with Crippen molar-refractivity contribution in [3.63, 3.8) is 0 Å². The van der Waals surface area contributed by atoms with E-state index in [4.69, 9.17) is 4.99 Å². The lowest BCUT2D eigenvalue weighted by Crippen LogP contribution is -2.39. The molecule has 0 bridgehead atoms. The Morgan fingerprint density at radius 2 is 1.92 bits per heavy atom. The van der Waals surface area contributed by atoms with E-state index in [1.165, 1.54) is 24.3 Å². The van der Waals surface area contributed by atoms with Crippen LogP contribution in [0.5, 0.6) is 0 Å². The number of nitrogens with zero attached hydrogens (tertiary/aromatic N) is 2. The third-order valence-corrected chi connectivity index (χ3v) is 4.45. The molecular formula is C18H33IN4S. The zero-order valence-electron chi connectivity index (χ0n) is 15.4. The number of halogens is 1. The van der Waals surface area contributed by atoms with Crippen LogP contribution in [0.1, 0.15) is 26.7 Å². The molecule has 0 aliphatic heterocycles. The van der Waals surface area contributed by atoms with Gasteiger partial charge in [-0.25, -0.2) is 0 Å². The van der Waals surface area contributed by atoms with Gasteiger partial charge >= 0.3 is 0 Å². The molecule has 0 aliphatic rings. The second kappa shape index (κ2) is 14.7. The molecular weight excluding hydrogens is 431 g/mol. The predicted molar refractivity (Wildman–Crippen MR) is 121 cm³/mol. The summed E-state index contributed by atoms with van der Waals surface area (Å²) in [7, 11) is 2.12. The fourth-order valence-corrected chi connectivity index (χ4v) is 2.68. The van der Waals surface area contributed by atoms with Crippen LogP contribution in [0.2, 0.25) is 0 Å². The number of rotatable bonds is 10. The summed E-state index contributed by atoms with van der Waals surface area (Å²) in [6, 6.07) is 10.8. The van der Waals surface area contributed by atoms with Crippen LogP contribution in [-0.2, 0) is 0 Å². The van der Waals surface area contributed by atoms with Crippen molar-refractivity contribution in [2.45, 2.75) is 32.7 Å². The first kappa shape index (κ1) is 23.4. The van der Waals surface area contributed by atoms with Crippen LogP contribution in [0.15, 0.2) is 35.3 Å². The van der Waals surface area contributed by atoms with Crippen molar-refractivity contribution >= 4 is 47.4 Å². The Hall–Kier alpha value is -0.630. The fourth-order valence-electron chi connectivity index (χ4n) is 2.18.